The fraction of sp³-hybridized carbons (Fsp3) is 0.200. The molecule has 15 aromatic rings. The molecule has 29 nitrogen and oxygen atoms in total. The number of rotatable bonds is 24. The number of ether oxygens (including phenoxy) is 2. The van der Waals surface area contributed by atoms with Gasteiger partial charge in [0.2, 0.25) is 31.9 Å². The zero-order valence-electron chi connectivity index (χ0n) is 80.3. The summed E-state index contributed by atoms with van der Waals surface area (Å²) in [5, 5.41) is 33.2. The van der Waals surface area contributed by atoms with E-state index >= 15 is 0 Å². The predicted molar refractivity (Wildman–Crippen MR) is 556 cm³/mol. The first-order valence-electron chi connectivity index (χ1n) is 46.6. The Labute approximate surface area is 843 Å². The number of phenols is 1. The highest BCUT2D eigenvalue weighted by Crippen LogP contribution is 2.50. The number of primary sulfonamides is 1. The Balaban J connectivity index is 0.000000136. The molecule has 3 aromatic heterocycles. The molecule has 10 N–H and O–H groups in total. The Morgan fingerprint density at radius 3 is 1.52 bits per heavy atom. The van der Waals surface area contributed by atoms with Crippen LogP contribution in [0.2, 0.25) is 0 Å². The van der Waals surface area contributed by atoms with Gasteiger partial charge in [-0.1, -0.05) is 163 Å². The summed E-state index contributed by atoms with van der Waals surface area (Å²) in [6.45, 7) is 13.0. The Bertz CT molecular complexity index is 7300. The number of para-hydroxylation sites is 7. The van der Waals surface area contributed by atoms with Gasteiger partial charge in [-0.15, -0.1) is 0 Å². The molecule has 0 radical (unpaired) electrons. The fourth-order valence-electron chi connectivity index (χ4n) is 17.2. The van der Waals surface area contributed by atoms with E-state index in [0.717, 1.165) is 139 Å². The quantitative estimate of drug-likeness (QED) is 0.0260. The smallest absolute Gasteiger partial charge is 0.338 e. The van der Waals surface area contributed by atoms with E-state index < -0.39 is 51.1 Å². The number of hydrogen-bond donors (Lipinski definition) is 8. The number of amides is 4. The molecule has 4 aliphatic heterocycles. The van der Waals surface area contributed by atoms with Crippen molar-refractivity contribution in [2.24, 2.45) is 16.8 Å². The molecule has 0 bridgehead atoms. The first kappa shape index (κ1) is 103. The van der Waals surface area contributed by atoms with E-state index in [0.29, 0.717) is 65.1 Å². The number of quaternary nitrogens is 2. The van der Waals surface area contributed by atoms with Crippen molar-refractivity contribution in [2.45, 2.75) is 109 Å². The number of benzene rings is 12. The van der Waals surface area contributed by atoms with Gasteiger partial charge in [-0.05, 0) is 239 Å². The number of aromatic nitrogens is 5. The minimum absolute atomic E-state index is 0.0138. The van der Waals surface area contributed by atoms with Crippen molar-refractivity contribution in [1.29, 1.82) is 0 Å². The average Bonchev–Trinajstić information content (AvgIpc) is 1.61. The van der Waals surface area contributed by atoms with Crippen molar-refractivity contribution in [3.05, 3.63) is 376 Å². The number of likely N-dealkylation sites (tertiary alicyclic amines) is 1. The molecule has 1 unspecified atom stereocenters. The number of phenolic OH excluding ortho intramolecular Hbond substituents is 1. The maximum atomic E-state index is 13.2. The van der Waals surface area contributed by atoms with Gasteiger partial charge in [0.1, 0.15) is 37.0 Å². The molecule has 0 aliphatic carbocycles. The summed E-state index contributed by atoms with van der Waals surface area (Å²) in [4.78, 5) is 103. The van der Waals surface area contributed by atoms with Gasteiger partial charge < -0.3 is 45.4 Å². The number of carbonyl (C=O) groups excluding carboxylic acids is 6. The first-order valence-corrected chi connectivity index (χ1v) is 51.3. The number of aryl methyl sites for hydroxylation is 6. The molecule has 1 fully saturated rings. The number of nitrogens with zero attached hydrogens (tertiary/aromatic N) is 9. The standard InChI is InChI=1S/C24H21NO4.C23H20N2O5S2.C22H24N6O.C21H22FN3O2S.C20H21N3O2S/c1-16-10-11-19(14-22(16)26)24(28)29-15-23(27)25-20-8-4-2-6-17(20)12-13-18-7-3-5-9-21(18)25;1-14-11-16(12-21(15(14)2)32(24,28)29)23(27)30-13-22(26)25-17-7-3-5-9-19(17)31-20-10-6-4-8-18(20)25;1-15-11-16(2)13-17(12-15)24-20-19-14-23-28(18-7-5-4-6-8-18)21(19)26-22(25-20)27(3)9-10-29;1-23-28(26,27)21-8-4-18(5-9-21)15-25(16-19-10-12-24-13-11-19)14-17-2-6-20(22)7-3-17;21-20(25)14-9-11-22(12-10-14)13-19(24)23-15-5-1-3-7-17(15)26-18-8-4-2-6-16(18)23/h2-11,14,26H,12-13,15H2,1H3;3-12H,13H2,1-2H3,(H2,24,28,29);4-8,11-14,29H,9-10H2,1-3H3,(H,24,25,26);2-13,23H,14-16H2,1H3;1-8,14H,9-13H2,(H2,21,25)/p+2. The number of aliphatic hydroxyl groups is 1. The van der Waals surface area contributed by atoms with E-state index in [1.54, 1.807) is 109 Å². The van der Waals surface area contributed by atoms with Gasteiger partial charge in [0.25, 0.3) is 17.7 Å². The number of esters is 2. The third-order valence-corrected chi connectivity index (χ3v) is 29.4. The van der Waals surface area contributed by atoms with Crippen LogP contribution in [0.4, 0.5) is 56.0 Å². The molecule has 1 atom stereocenters. The van der Waals surface area contributed by atoms with Crippen molar-refractivity contribution in [3.63, 3.8) is 0 Å². The van der Waals surface area contributed by atoms with Crippen LogP contribution in [0.15, 0.2) is 333 Å². The second-order valence-electron chi connectivity index (χ2n) is 35.0. The third kappa shape index (κ3) is 25.7. The van der Waals surface area contributed by atoms with Gasteiger partial charge in [0.15, 0.2) is 25.4 Å². The van der Waals surface area contributed by atoms with Crippen LogP contribution in [0.5, 0.6) is 5.75 Å². The molecule has 7 heterocycles. The molecular weight excluding hydrogens is 1900 g/mol. The molecule has 4 aliphatic rings. The van der Waals surface area contributed by atoms with Crippen LogP contribution in [0.25, 0.3) is 16.7 Å². The normalized spacial score (nSPS) is 13.9. The lowest BCUT2D eigenvalue weighted by molar-refractivity contribution is -0.941. The van der Waals surface area contributed by atoms with Crippen LogP contribution in [-0.2, 0) is 81.2 Å². The summed E-state index contributed by atoms with van der Waals surface area (Å²) in [5.74, 6) is -1.39. The van der Waals surface area contributed by atoms with Gasteiger partial charge in [0.05, 0.1) is 92.0 Å². The fourth-order valence-corrected chi connectivity index (χ4v) is 20.9. The van der Waals surface area contributed by atoms with Gasteiger partial charge in [-0.25, -0.2) is 45.4 Å². The minimum Gasteiger partial charge on any atom is -0.508 e. The molecule has 12 aromatic carbocycles. The molecular formula is C110H110FN15O14S4+2. The molecule has 1 saturated heterocycles. The number of aliphatic hydroxyl groups excluding tert-OH is 1. The summed E-state index contributed by atoms with van der Waals surface area (Å²) >= 11 is 3.26. The summed E-state index contributed by atoms with van der Waals surface area (Å²) in [6.07, 6.45) is 8.51. The van der Waals surface area contributed by atoms with Gasteiger partial charge in [-0.3, -0.25) is 38.9 Å². The molecule has 738 valence electrons. The van der Waals surface area contributed by atoms with Crippen LogP contribution in [0, 0.1) is 46.4 Å². The SMILES string of the molecule is CNS(=O)(=O)c1ccc(C[NH+](Cc2ccncc2)Cc2ccc(F)cc2)cc1.Cc1cc(C(=O)OCC(=O)N2c3ccccc3Sc3ccccc32)cc(S(N)(=O)=O)c1C.Cc1cc(C)cc(Nc2nc(N(C)CCO)nc3c2cnn3-c2ccccc2)c1.Cc1ccc(C(=O)OCC(=O)N2c3ccccc3CCc3ccccc32)cc1O.NC(=O)C1CC[NH+](CC(=O)N2c3ccccc3Sc3ccccc32)CC1. The Morgan fingerprint density at radius 1 is 0.549 bits per heavy atom. The van der Waals surface area contributed by atoms with Crippen molar-refractivity contribution >= 4 is 142 Å². The number of nitrogens with two attached hydrogens (primary N) is 2. The van der Waals surface area contributed by atoms with Crippen LogP contribution < -0.4 is 50.3 Å². The second-order valence-corrected chi connectivity index (χ2v) is 40.6. The number of pyridine rings is 1. The highest BCUT2D eigenvalue weighted by atomic mass is 32.2. The number of aromatic hydroxyl groups is 1. The Kier molecular flexibility index (Phi) is 33.8. The summed E-state index contributed by atoms with van der Waals surface area (Å²) in [6, 6.07) is 87.4. The number of hydrogen-bond acceptors (Lipinski definition) is 22. The Hall–Kier alpha value is -15.1. The van der Waals surface area contributed by atoms with E-state index in [9.17, 15) is 60.2 Å². The average molecular weight is 2010 g/mol. The third-order valence-electron chi connectivity index (χ3n) is 24.7. The summed E-state index contributed by atoms with van der Waals surface area (Å²) in [5.41, 5.74) is 22.6. The molecule has 144 heavy (non-hydrogen) atoms. The number of likely N-dealkylation sites (N-methyl/N-ethyl adjacent to an activating group) is 1. The maximum absolute atomic E-state index is 13.2. The van der Waals surface area contributed by atoms with E-state index in [4.69, 9.17) is 30.3 Å². The number of sulfonamides is 2. The van der Waals surface area contributed by atoms with E-state index in [-0.39, 0.29) is 62.7 Å². The van der Waals surface area contributed by atoms with Gasteiger partial charge in [0, 0.05) is 86.7 Å². The zero-order valence-corrected chi connectivity index (χ0v) is 83.6. The summed E-state index contributed by atoms with van der Waals surface area (Å²) in [7, 11) is -4.20. The lowest BCUT2D eigenvalue weighted by Gasteiger charge is -2.33. The number of nitrogens with one attached hydrogen (secondary N) is 4. The number of anilines is 9. The number of primary amides is 1. The number of piperidine rings is 1. The molecule has 34 heteroatoms. The summed E-state index contributed by atoms with van der Waals surface area (Å²) < 4.78 is 75.4. The number of fused-ring (bicyclic) bond motifs is 7. The first-order chi connectivity index (χ1) is 69.3. The van der Waals surface area contributed by atoms with Gasteiger partial charge in [-0.2, -0.15) is 15.1 Å². The molecule has 0 spiro atoms. The van der Waals surface area contributed by atoms with Crippen LogP contribution in [0.1, 0.15) is 89.2 Å². The highest BCUT2D eigenvalue weighted by molar-refractivity contribution is 8.00. The van der Waals surface area contributed by atoms with E-state index in [1.807, 2.05) is 205 Å². The molecule has 19 rings (SSSR count). The molecule has 0 saturated carbocycles. The lowest BCUT2D eigenvalue weighted by Crippen LogP contribution is -3.14. The number of halogens is 1. The predicted octanol–water partition coefficient (Wildman–Crippen LogP) is 15.4. The lowest BCUT2D eigenvalue weighted by atomic mass is 9.96. The van der Waals surface area contributed by atoms with E-state index in [2.05, 4.69) is 64.3 Å². The minimum atomic E-state index is -4.01. The van der Waals surface area contributed by atoms with Crippen molar-refractivity contribution in [1.82, 2.24) is 29.5 Å². The van der Waals surface area contributed by atoms with Crippen LogP contribution >= 0.6 is 23.5 Å². The van der Waals surface area contributed by atoms with Crippen LogP contribution in [0.3, 0.4) is 0 Å². The second kappa shape index (κ2) is 47.2. The number of carbonyl (C=O) groups is 6. The van der Waals surface area contributed by atoms with Crippen molar-refractivity contribution in [2.75, 3.05) is 85.0 Å². The molecule has 4 amide bonds. The van der Waals surface area contributed by atoms with Crippen molar-refractivity contribution < 1.29 is 79.5 Å². The monoisotopic (exact) mass is 2010 g/mol. The maximum Gasteiger partial charge on any atom is 0.338 e. The highest BCUT2D eigenvalue weighted by Gasteiger charge is 2.35. The van der Waals surface area contributed by atoms with Crippen molar-refractivity contribution in [3.8, 4) is 11.4 Å². The van der Waals surface area contributed by atoms with Crippen LogP contribution in [-0.4, -0.2) is 147 Å². The largest absolute Gasteiger partial charge is 0.508 e. The Morgan fingerprint density at radius 2 is 1.02 bits per heavy atom. The van der Waals surface area contributed by atoms with Gasteiger partial charge >= 0.3 is 11.9 Å². The topological polar surface area (TPSA) is 384 Å². The van der Waals surface area contributed by atoms with E-state index in [1.165, 1.54) is 63.2 Å². The zero-order chi connectivity index (χ0) is 102.